The van der Waals surface area contributed by atoms with Crippen molar-refractivity contribution in [3.63, 3.8) is 0 Å². The molecular weight excluding hydrogens is 292 g/mol. The lowest BCUT2D eigenvalue weighted by Crippen LogP contribution is -2.26. The van der Waals surface area contributed by atoms with E-state index in [1.807, 2.05) is 0 Å². The van der Waals surface area contributed by atoms with Crippen LogP contribution in [0.4, 0.5) is 0 Å². The Morgan fingerprint density at radius 2 is 2.33 bits per heavy atom. The Balaban J connectivity index is 2.48. The van der Waals surface area contributed by atoms with Gasteiger partial charge in [0.25, 0.3) is 6.20 Å². The lowest BCUT2D eigenvalue weighted by atomic mass is 10.4. The van der Waals surface area contributed by atoms with Gasteiger partial charge in [-0.2, -0.15) is 11.8 Å². The average molecular weight is 320 g/mol. The third-order valence-corrected chi connectivity index (χ3v) is 3.32. The molecule has 0 aromatic carbocycles. The fourth-order valence-electron chi connectivity index (χ4n) is 1.48. The Bertz CT molecular complexity index is 633. The summed E-state index contributed by atoms with van der Waals surface area (Å²) in [6, 6.07) is 3.22. The van der Waals surface area contributed by atoms with Crippen LogP contribution in [0.2, 0.25) is 0 Å². The molecule has 0 amide bonds. The van der Waals surface area contributed by atoms with Crippen LogP contribution < -0.4 is 10.6 Å². The van der Waals surface area contributed by atoms with E-state index in [9.17, 15) is 10.1 Å². The van der Waals surface area contributed by atoms with Crippen LogP contribution in [0.25, 0.3) is 0 Å². The molecule has 0 bridgehead atoms. The average Bonchev–Trinajstić information content (AvgIpc) is 2.96. The molecule has 1 aromatic rings. The Morgan fingerprint density at radius 1 is 1.57 bits per heavy atom. The fraction of sp³-hybridized carbons (Fsp3) is 0.538. The molecule has 0 fully saturated rings. The minimum absolute atomic E-state index is 0.252. The third-order valence-electron chi connectivity index (χ3n) is 2.34. The molecule has 0 spiro atoms. The number of nitrogens with one attached hydrogen (secondary N) is 2. The maximum absolute atomic E-state index is 10.4. The maximum atomic E-state index is 10.4. The minimum atomic E-state index is -2.76. The summed E-state index contributed by atoms with van der Waals surface area (Å²) in [7, 11) is 1.57. The van der Waals surface area contributed by atoms with Crippen LogP contribution in [-0.2, 0) is 12.3 Å². The van der Waals surface area contributed by atoms with E-state index in [0.29, 0.717) is 34.5 Å². The minimum Gasteiger partial charge on any atom is -0.464 e. The van der Waals surface area contributed by atoms with Gasteiger partial charge in [-0.25, -0.2) is 0 Å². The summed E-state index contributed by atoms with van der Waals surface area (Å²) in [5.41, 5.74) is 0. The van der Waals surface area contributed by atoms with E-state index in [1.165, 1.54) is 11.8 Å². The molecule has 0 saturated carbocycles. The summed E-state index contributed by atoms with van der Waals surface area (Å²) in [6.45, 7) is -5.39. The molecule has 0 unspecified atom stereocenters. The second-order valence-corrected chi connectivity index (χ2v) is 5.12. The van der Waals surface area contributed by atoms with Crippen molar-refractivity contribution in [2.75, 3.05) is 33.3 Å². The van der Waals surface area contributed by atoms with Crippen LogP contribution >= 0.6 is 11.8 Å². The zero-order chi connectivity index (χ0) is 20.7. The van der Waals surface area contributed by atoms with Crippen molar-refractivity contribution in [2.45, 2.75) is 12.3 Å². The molecule has 8 heteroatoms. The van der Waals surface area contributed by atoms with Gasteiger partial charge in [0, 0.05) is 27.6 Å². The molecule has 7 nitrogen and oxygen atoms in total. The van der Waals surface area contributed by atoms with Gasteiger partial charge in [-0.3, -0.25) is 10.1 Å². The van der Waals surface area contributed by atoms with E-state index < -0.39 is 18.9 Å². The Morgan fingerprint density at radius 3 is 3.00 bits per heavy atom. The van der Waals surface area contributed by atoms with Crippen LogP contribution in [0.15, 0.2) is 28.6 Å². The Hall–Kier alpha value is -1.67. The van der Waals surface area contributed by atoms with Crippen molar-refractivity contribution < 1.29 is 17.6 Å². The molecule has 0 aliphatic heterocycles. The van der Waals surface area contributed by atoms with Crippen molar-refractivity contribution >= 4 is 11.8 Å². The molecule has 0 radical (unpaired) electrons. The predicted molar refractivity (Wildman–Crippen MR) is 84.4 cm³/mol. The number of hydrogen-bond donors (Lipinski definition) is 2. The smallest absolute Gasteiger partial charge is 0.274 e. The zero-order valence-corrected chi connectivity index (χ0v) is 12.4. The molecule has 118 valence electrons. The van der Waals surface area contributed by atoms with Crippen LogP contribution in [0.5, 0.6) is 0 Å². The van der Waals surface area contributed by atoms with Gasteiger partial charge < -0.3 is 20.0 Å². The molecule has 21 heavy (non-hydrogen) atoms. The van der Waals surface area contributed by atoms with Crippen molar-refractivity contribution in [1.82, 2.24) is 15.5 Å². The highest BCUT2D eigenvalue weighted by Crippen LogP contribution is 2.15. The van der Waals surface area contributed by atoms with Gasteiger partial charge in [0.1, 0.15) is 11.5 Å². The molecule has 0 atom stereocenters. The van der Waals surface area contributed by atoms with Crippen LogP contribution in [0, 0.1) is 10.1 Å². The SMILES string of the molecule is [2H]C([2H])([2H])N(Cc1ccc(CSCCNC(=C[N+](=O)[O-])NC)o1)C([2H])([2H])[2H]. The van der Waals surface area contributed by atoms with E-state index in [2.05, 4.69) is 10.6 Å². The van der Waals surface area contributed by atoms with E-state index in [-0.39, 0.29) is 12.3 Å². The van der Waals surface area contributed by atoms with E-state index >= 15 is 0 Å². The van der Waals surface area contributed by atoms with Gasteiger partial charge in [0.2, 0.25) is 0 Å². The summed E-state index contributed by atoms with van der Waals surface area (Å²) >= 11 is 1.50. The van der Waals surface area contributed by atoms with Gasteiger partial charge in [-0.15, -0.1) is 0 Å². The second-order valence-electron chi connectivity index (χ2n) is 4.01. The molecule has 0 aliphatic rings. The van der Waals surface area contributed by atoms with Gasteiger partial charge in [-0.05, 0) is 26.1 Å². The van der Waals surface area contributed by atoms with E-state index in [0.717, 1.165) is 6.20 Å². The lowest BCUT2D eigenvalue weighted by Gasteiger charge is -2.07. The van der Waals surface area contributed by atoms with Crippen molar-refractivity contribution in [3.05, 3.63) is 45.8 Å². The van der Waals surface area contributed by atoms with Gasteiger partial charge in [0.05, 0.1) is 17.2 Å². The number of thioether (sulfide) groups is 1. The zero-order valence-electron chi connectivity index (χ0n) is 17.6. The first-order valence-corrected chi connectivity index (χ1v) is 7.29. The summed E-state index contributed by atoms with van der Waals surface area (Å²) in [5, 5.41) is 16.0. The van der Waals surface area contributed by atoms with Crippen molar-refractivity contribution in [2.24, 2.45) is 0 Å². The number of furan rings is 1. The molecule has 1 rings (SSSR count). The monoisotopic (exact) mass is 320 g/mol. The van der Waals surface area contributed by atoms with Crippen LogP contribution in [0.3, 0.4) is 0 Å². The van der Waals surface area contributed by atoms with Crippen LogP contribution in [0.1, 0.15) is 19.7 Å². The quantitative estimate of drug-likeness (QED) is 0.383. The summed E-state index contributed by atoms with van der Waals surface area (Å²) in [4.78, 5) is 10.3. The van der Waals surface area contributed by atoms with Crippen molar-refractivity contribution in [1.29, 1.82) is 0 Å². The Kier molecular flexibility index (Phi) is 4.48. The van der Waals surface area contributed by atoms with Crippen LogP contribution in [-0.4, -0.2) is 43.1 Å². The van der Waals surface area contributed by atoms with Gasteiger partial charge in [-0.1, -0.05) is 0 Å². The van der Waals surface area contributed by atoms with Crippen molar-refractivity contribution in [3.8, 4) is 0 Å². The fourth-order valence-corrected chi connectivity index (χ4v) is 2.22. The first-order valence-electron chi connectivity index (χ1n) is 9.13. The maximum Gasteiger partial charge on any atom is 0.274 e. The topological polar surface area (TPSA) is 83.6 Å². The first kappa shape index (κ1) is 10.1. The highest BCUT2D eigenvalue weighted by Gasteiger charge is 2.04. The first-order chi connectivity index (χ1) is 12.4. The molecule has 0 aliphatic carbocycles. The highest BCUT2D eigenvalue weighted by molar-refractivity contribution is 7.98. The summed E-state index contributed by atoms with van der Waals surface area (Å²) in [5.74, 6) is 2.28. The normalized spacial score (nSPS) is 17.1. The summed E-state index contributed by atoms with van der Waals surface area (Å²) in [6.07, 6.45) is 0.838. The number of nitro groups is 1. The molecule has 1 aromatic heterocycles. The van der Waals surface area contributed by atoms with Gasteiger partial charge in [0.15, 0.2) is 5.82 Å². The lowest BCUT2D eigenvalue weighted by molar-refractivity contribution is -0.404. The third kappa shape index (κ3) is 7.62. The van der Waals surface area contributed by atoms with E-state index in [1.54, 1.807) is 19.2 Å². The number of hydrogen-bond acceptors (Lipinski definition) is 7. The molecule has 2 N–H and O–H groups in total. The van der Waals surface area contributed by atoms with E-state index in [4.69, 9.17) is 12.6 Å². The molecule has 0 saturated heterocycles. The number of nitrogens with zero attached hydrogens (tertiary/aromatic N) is 2. The standard InChI is InChI=1S/C13H22N4O3S/c1-14-13(9-17(18)19)15-6-7-21-10-12-5-4-11(20-12)8-16(2)3/h4-5,9,14-15H,6-8,10H2,1-3H3/i2D3,3D3. The van der Waals surface area contributed by atoms with Gasteiger partial charge >= 0.3 is 0 Å². The predicted octanol–water partition coefficient (Wildman–Crippen LogP) is 1.46. The Labute approximate surface area is 137 Å². The molecule has 1 heterocycles. The molecular formula is C13H22N4O3S. The second kappa shape index (κ2) is 9.30. The summed E-state index contributed by atoms with van der Waals surface area (Å²) < 4.78 is 49.6. The highest BCUT2D eigenvalue weighted by atomic mass is 32.2. The largest absolute Gasteiger partial charge is 0.464 e. The number of rotatable bonds is 10.